The van der Waals surface area contributed by atoms with Crippen molar-refractivity contribution in [1.29, 1.82) is 0 Å². The highest BCUT2D eigenvalue weighted by Crippen LogP contribution is 2.23. The standard InChI is InChI=1S/C11H23N3O/c1-4-10(11(15)13-12)14-6-8(2)5-9(3)7-14/h8-10H,4-7,12H2,1-3H3,(H,13,15)/t8-,9-,10+/m0/s1. The van der Waals surface area contributed by atoms with E-state index in [9.17, 15) is 4.79 Å². The molecule has 3 atom stereocenters. The highest BCUT2D eigenvalue weighted by Gasteiger charge is 2.29. The molecular formula is C11H23N3O. The molecule has 1 fully saturated rings. The topological polar surface area (TPSA) is 58.4 Å². The Balaban J connectivity index is 2.63. The molecule has 1 rings (SSSR count). The summed E-state index contributed by atoms with van der Waals surface area (Å²) < 4.78 is 0. The van der Waals surface area contributed by atoms with E-state index >= 15 is 0 Å². The normalized spacial score (nSPS) is 29.9. The van der Waals surface area contributed by atoms with E-state index in [2.05, 4.69) is 24.2 Å². The molecule has 0 spiro atoms. The number of hydrogen-bond donors (Lipinski definition) is 2. The van der Waals surface area contributed by atoms with Gasteiger partial charge < -0.3 is 0 Å². The van der Waals surface area contributed by atoms with Crippen molar-refractivity contribution in [2.45, 2.75) is 39.7 Å². The summed E-state index contributed by atoms with van der Waals surface area (Å²) in [5.41, 5.74) is 2.26. The molecule has 0 aromatic heterocycles. The number of amides is 1. The summed E-state index contributed by atoms with van der Waals surface area (Å²) in [5.74, 6) is 6.49. The third kappa shape index (κ3) is 3.18. The van der Waals surface area contributed by atoms with Crippen LogP contribution < -0.4 is 11.3 Å². The number of hydrazine groups is 1. The van der Waals surface area contributed by atoms with E-state index in [4.69, 9.17) is 5.84 Å². The average molecular weight is 213 g/mol. The molecule has 15 heavy (non-hydrogen) atoms. The lowest BCUT2D eigenvalue weighted by molar-refractivity contribution is -0.127. The zero-order valence-electron chi connectivity index (χ0n) is 9.99. The van der Waals surface area contributed by atoms with Crippen LogP contribution in [0.2, 0.25) is 0 Å². The largest absolute Gasteiger partial charge is 0.293 e. The molecular weight excluding hydrogens is 190 g/mol. The van der Waals surface area contributed by atoms with E-state index in [-0.39, 0.29) is 11.9 Å². The summed E-state index contributed by atoms with van der Waals surface area (Å²) in [6.45, 7) is 8.54. The molecule has 1 aliphatic heterocycles. The molecule has 0 aliphatic carbocycles. The summed E-state index contributed by atoms with van der Waals surface area (Å²) in [5, 5.41) is 0. The smallest absolute Gasteiger partial charge is 0.251 e. The number of nitrogens with zero attached hydrogens (tertiary/aromatic N) is 1. The summed E-state index contributed by atoms with van der Waals surface area (Å²) in [6.07, 6.45) is 2.08. The monoisotopic (exact) mass is 213 g/mol. The van der Waals surface area contributed by atoms with Crippen LogP contribution in [0.15, 0.2) is 0 Å². The second-order valence-corrected chi connectivity index (χ2v) is 4.83. The van der Waals surface area contributed by atoms with Crippen LogP contribution in [0, 0.1) is 11.8 Å². The minimum atomic E-state index is -0.0567. The Labute approximate surface area is 92.2 Å². The predicted molar refractivity (Wildman–Crippen MR) is 60.9 cm³/mol. The number of rotatable bonds is 3. The number of nitrogens with two attached hydrogens (primary N) is 1. The fourth-order valence-corrected chi connectivity index (χ4v) is 2.67. The first kappa shape index (κ1) is 12.5. The third-order valence-electron chi connectivity index (χ3n) is 3.17. The first-order valence-corrected chi connectivity index (χ1v) is 5.83. The van der Waals surface area contributed by atoms with E-state index in [1.165, 1.54) is 6.42 Å². The van der Waals surface area contributed by atoms with Gasteiger partial charge in [-0.2, -0.15) is 0 Å². The summed E-state index contributed by atoms with van der Waals surface area (Å²) >= 11 is 0. The maximum absolute atomic E-state index is 11.6. The molecule has 1 saturated heterocycles. The molecule has 0 unspecified atom stereocenters. The van der Waals surface area contributed by atoms with Gasteiger partial charge in [-0.25, -0.2) is 5.84 Å². The van der Waals surface area contributed by atoms with Crippen molar-refractivity contribution in [1.82, 2.24) is 10.3 Å². The van der Waals surface area contributed by atoms with Gasteiger partial charge in [0.1, 0.15) is 0 Å². The zero-order chi connectivity index (χ0) is 11.4. The van der Waals surface area contributed by atoms with Crippen LogP contribution in [0.5, 0.6) is 0 Å². The van der Waals surface area contributed by atoms with Gasteiger partial charge in [-0.3, -0.25) is 15.1 Å². The second-order valence-electron chi connectivity index (χ2n) is 4.83. The van der Waals surface area contributed by atoms with Gasteiger partial charge in [0.25, 0.3) is 5.91 Å². The van der Waals surface area contributed by atoms with Gasteiger partial charge >= 0.3 is 0 Å². The van der Waals surface area contributed by atoms with Crippen molar-refractivity contribution >= 4 is 5.91 Å². The maximum atomic E-state index is 11.6. The van der Waals surface area contributed by atoms with Crippen LogP contribution in [-0.4, -0.2) is 29.9 Å². The predicted octanol–water partition coefficient (Wildman–Crippen LogP) is 0.733. The molecule has 0 aromatic carbocycles. The Bertz CT molecular complexity index is 210. The van der Waals surface area contributed by atoms with E-state index in [1.807, 2.05) is 6.92 Å². The van der Waals surface area contributed by atoms with Gasteiger partial charge in [-0.05, 0) is 24.7 Å². The highest BCUT2D eigenvalue weighted by molar-refractivity contribution is 5.81. The van der Waals surface area contributed by atoms with Crippen LogP contribution in [0.25, 0.3) is 0 Å². The zero-order valence-corrected chi connectivity index (χ0v) is 9.99. The fourth-order valence-electron chi connectivity index (χ4n) is 2.67. The molecule has 1 aliphatic rings. The number of piperidine rings is 1. The molecule has 1 heterocycles. The van der Waals surface area contributed by atoms with E-state index in [1.54, 1.807) is 0 Å². The van der Waals surface area contributed by atoms with E-state index in [0.717, 1.165) is 19.5 Å². The quantitative estimate of drug-likeness (QED) is 0.413. The summed E-state index contributed by atoms with van der Waals surface area (Å²) in [7, 11) is 0. The Morgan fingerprint density at radius 2 is 2.00 bits per heavy atom. The van der Waals surface area contributed by atoms with Crippen LogP contribution >= 0.6 is 0 Å². The Morgan fingerprint density at radius 1 is 1.47 bits per heavy atom. The Kier molecular flexibility index (Phi) is 4.54. The molecule has 0 radical (unpaired) electrons. The van der Waals surface area contributed by atoms with Gasteiger partial charge in [0.2, 0.25) is 0 Å². The number of hydrogen-bond acceptors (Lipinski definition) is 3. The van der Waals surface area contributed by atoms with Gasteiger partial charge in [0.15, 0.2) is 0 Å². The summed E-state index contributed by atoms with van der Waals surface area (Å²) in [6, 6.07) is -0.0554. The van der Waals surface area contributed by atoms with Crippen LogP contribution in [-0.2, 0) is 4.79 Å². The molecule has 4 heteroatoms. The lowest BCUT2D eigenvalue weighted by Gasteiger charge is -2.38. The lowest BCUT2D eigenvalue weighted by Crippen LogP contribution is -2.53. The number of carbonyl (C=O) groups excluding carboxylic acids is 1. The van der Waals surface area contributed by atoms with Gasteiger partial charge in [0, 0.05) is 13.1 Å². The Morgan fingerprint density at radius 3 is 2.40 bits per heavy atom. The minimum Gasteiger partial charge on any atom is -0.293 e. The van der Waals surface area contributed by atoms with E-state index in [0.29, 0.717) is 11.8 Å². The molecule has 3 N–H and O–H groups in total. The molecule has 0 saturated carbocycles. The highest BCUT2D eigenvalue weighted by atomic mass is 16.2. The lowest BCUT2D eigenvalue weighted by atomic mass is 9.90. The second kappa shape index (κ2) is 5.47. The minimum absolute atomic E-state index is 0.0554. The van der Waals surface area contributed by atoms with E-state index < -0.39 is 0 Å². The average Bonchev–Trinajstić information content (AvgIpc) is 2.17. The third-order valence-corrected chi connectivity index (χ3v) is 3.17. The molecule has 88 valence electrons. The van der Waals surface area contributed by atoms with Crippen molar-refractivity contribution in [3.8, 4) is 0 Å². The molecule has 4 nitrogen and oxygen atoms in total. The molecule has 0 bridgehead atoms. The fraction of sp³-hybridized carbons (Fsp3) is 0.909. The summed E-state index contributed by atoms with van der Waals surface area (Å²) in [4.78, 5) is 13.8. The van der Waals surface area contributed by atoms with Crippen molar-refractivity contribution in [3.63, 3.8) is 0 Å². The van der Waals surface area contributed by atoms with Crippen LogP contribution in [0.3, 0.4) is 0 Å². The van der Waals surface area contributed by atoms with Gasteiger partial charge in [-0.1, -0.05) is 20.8 Å². The van der Waals surface area contributed by atoms with Crippen molar-refractivity contribution in [3.05, 3.63) is 0 Å². The van der Waals surface area contributed by atoms with Gasteiger partial charge in [0.05, 0.1) is 6.04 Å². The first-order valence-electron chi connectivity index (χ1n) is 5.83. The van der Waals surface area contributed by atoms with Crippen LogP contribution in [0.1, 0.15) is 33.6 Å². The molecule has 0 aromatic rings. The van der Waals surface area contributed by atoms with Gasteiger partial charge in [-0.15, -0.1) is 0 Å². The number of nitrogens with one attached hydrogen (secondary N) is 1. The van der Waals surface area contributed by atoms with Crippen LogP contribution in [0.4, 0.5) is 0 Å². The Hall–Kier alpha value is -0.610. The molecule has 1 amide bonds. The number of carbonyl (C=O) groups is 1. The maximum Gasteiger partial charge on any atom is 0.251 e. The van der Waals surface area contributed by atoms with Crippen molar-refractivity contribution < 1.29 is 4.79 Å². The SMILES string of the molecule is CC[C@H](C(=O)NN)N1C[C@@H](C)C[C@H](C)C1. The van der Waals surface area contributed by atoms with Crippen molar-refractivity contribution in [2.24, 2.45) is 17.7 Å². The number of likely N-dealkylation sites (tertiary alicyclic amines) is 1. The van der Waals surface area contributed by atoms with Crippen molar-refractivity contribution in [2.75, 3.05) is 13.1 Å². The first-order chi connectivity index (χ1) is 7.08.